The zero-order chi connectivity index (χ0) is 13.6. The standard InChI is InChI=1S/C17H23BrN2/c18-14-3-1-2-13(10-14)16-11-19-8-6-17(16)7-9-20(12-17)15-4-5-15/h1-3,10,15-16,19H,4-9,11-12H2. The van der Waals surface area contributed by atoms with E-state index in [4.69, 9.17) is 0 Å². The Hall–Kier alpha value is -0.380. The molecule has 0 aromatic heterocycles. The summed E-state index contributed by atoms with van der Waals surface area (Å²) < 4.78 is 1.22. The molecule has 2 saturated heterocycles. The molecular weight excluding hydrogens is 312 g/mol. The Morgan fingerprint density at radius 1 is 1.25 bits per heavy atom. The number of nitrogens with zero attached hydrogens (tertiary/aromatic N) is 1. The summed E-state index contributed by atoms with van der Waals surface area (Å²) in [5, 5.41) is 3.63. The van der Waals surface area contributed by atoms with Gasteiger partial charge < -0.3 is 5.32 Å². The van der Waals surface area contributed by atoms with Crippen LogP contribution in [0.3, 0.4) is 0 Å². The van der Waals surface area contributed by atoms with E-state index in [-0.39, 0.29) is 0 Å². The fourth-order valence-electron chi connectivity index (χ4n) is 4.34. The van der Waals surface area contributed by atoms with E-state index in [2.05, 4.69) is 50.4 Å². The van der Waals surface area contributed by atoms with Crippen molar-refractivity contribution in [2.24, 2.45) is 5.41 Å². The van der Waals surface area contributed by atoms with Crippen molar-refractivity contribution in [3.05, 3.63) is 34.3 Å². The summed E-state index contributed by atoms with van der Waals surface area (Å²) in [6.07, 6.45) is 5.61. The Morgan fingerprint density at radius 2 is 2.15 bits per heavy atom. The van der Waals surface area contributed by atoms with Gasteiger partial charge in [-0.05, 0) is 61.9 Å². The Balaban J connectivity index is 1.62. The minimum absolute atomic E-state index is 0.522. The van der Waals surface area contributed by atoms with Crippen LogP contribution in [0.5, 0.6) is 0 Å². The van der Waals surface area contributed by atoms with Gasteiger partial charge in [-0.2, -0.15) is 0 Å². The zero-order valence-electron chi connectivity index (χ0n) is 11.9. The van der Waals surface area contributed by atoms with Crippen LogP contribution < -0.4 is 5.32 Å². The SMILES string of the molecule is Brc1cccc(C2CNCCC23CCN(C2CC2)C3)c1. The summed E-state index contributed by atoms with van der Waals surface area (Å²) in [6, 6.07) is 9.91. The lowest BCUT2D eigenvalue weighted by Crippen LogP contribution is -2.45. The summed E-state index contributed by atoms with van der Waals surface area (Å²) in [4.78, 5) is 2.77. The molecule has 1 aromatic rings. The second-order valence-corrected chi connectivity index (χ2v) is 7.79. The number of rotatable bonds is 2. The highest BCUT2D eigenvalue weighted by atomic mass is 79.9. The molecule has 3 heteroatoms. The quantitative estimate of drug-likeness (QED) is 0.891. The molecule has 20 heavy (non-hydrogen) atoms. The van der Waals surface area contributed by atoms with Crippen molar-refractivity contribution in [3.63, 3.8) is 0 Å². The summed E-state index contributed by atoms with van der Waals surface area (Å²) in [5.41, 5.74) is 2.04. The van der Waals surface area contributed by atoms with Crippen molar-refractivity contribution in [2.45, 2.75) is 37.6 Å². The van der Waals surface area contributed by atoms with E-state index < -0.39 is 0 Å². The number of likely N-dealkylation sites (tertiary alicyclic amines) is 1. The second-order valence-electron chi connectivity index (χ2n) is 6.88. The van der Waals surface area contributed by atoms with Crippen molar-refractivity contribution in [3.8, 4) is 0 Å². The van der Waals surface area contributed by atoms with Crippen LogP contribution >= 0.6 is 15.9 Å². The van der Waals surface area contributed by atoms with Gasteiger partial charge in [0.2, 0.25) is 0 Å². The molecule has 1 aliphatic carbocycles. The molecule has 3 aliphatic rings. The molecule has 1 spiro atoms. The highest BCUT2D eigenvalue weighted by Gasteiger charge is 2.48. The Kier molecular flexibility index (Phi) is 3.40. The summed E-state index contributed by atoms with van der Waals surface area (Å²) >= 11 is 3.64. The van der Waals surface area contributed by atoms with E-state index in [1.54, 1.807) is 0 Å². The molecule has 108 valence electrons. The molecule has 3 fully saturated rings. The van der Waals surface area contributed by atoms with Crippen LogP contribution in [0.15, 0.2) is 28.7 Å². The predicted octanol–water partition coefficient (Wildman–Crippen LogP) is 3.38. The Bertz CT molecular complexity index is 500. The van der Waals surface area contributed by atoms with E-state index in [0.29, 0.717) is 11.3 Å². The number of halogens is 1. The van der Waals surface area contributed by atoms with Crippen LogP contribution in [0.25, 0.3) is 0 Å². The number of nitrogens with one attached hydrogen (secondary N) is 1. The number of piperidine rings is 1. The molecule has 2 atom stereocenters. The van der Waals surface area contributed by atoms with Crippen LogP contribution in [0, 0.1) is 5.41 Å². The highest BCUT2D eigenvalue weighted by molar-refractivity contribution is 9.10. The minimum atomic E-state index is 0.522. The fourth-order valence-corrected chi connectivity index (χ4v) is 4.75. The first-order valence-electron chi connectivity index (χ1n) is 7.97. The van der Waals surface area contributed by atoms with Crippen molar-refractivity contribution in [1.82, 2.24) is 10.2 Å². The largest absolute Gasteiger partial charge is 0.316 e. The zero-order valence-corrected chi connectivity index (χ0v) is 13.5. The van der Waals surface area contributed by atoms with Crippen LogP contribution in [0.4, 0.5) is 0 Å². The lowest BCUT2D eigenvalue weighted by atomic mass is 9.67. The van der Waals surface area contributed by atoms with E-state index >= 15 is 0 Å². The van der Waals surface area contributed by atoms with E-state index in [1.165, 1.54) is 55.4 Å². The van der Waals surface area contributed by atoms with E-state index in [1.807, 2.05) is 0 Å². The molecule has 0 amide bonds. The van der Waals surface area contributed by atoms with Crippen LogP contribution in [0.2, 0.25) is 0 Å². The van der Waals surface area contributed by atoms with Gasteiger partial charge >= 0.3 is 0 Å². The van der Waals surface area contributed by atoms with Crippen molar-refractivity contribution in [1.29, 1.82) is 0 Å². The van der Waals surface area contributed by atoms with E-state index in [9.17, 15) is 0 Å². The fraction of sp³-hybridized carbons (Fsp3) is 0.647. The summed E-state index contributed by atoms with van der Waals surface area (Å²) in [7, 11) is 0. The van der Waals surface area contributed by atoms with Gasteiger partial charge in [-0.1, -0.05) is 28.1 Å². The third kappa shape index (κ3) is 2.34. The molecule has 2 unspecified atom stereocenters. The molecule has 2 heterocycles. The third-order valence-electron chi connectivity index (χ3n) is 5.62. The van der Waals surface area contributed by atoms with Gasteiger partial charge in [0, 0.05) is 29.5 Å². The average Bonchev–Trinajstić information content (AvgIpc) is 3.23. The van der Waals surface area contributed by atoms with Crippen LogP contribution in [-0.2, 0) is 0 Å². The summed E-state index contributed by atoms with van der Waals surface area (Å²) in [6.45, 7) is 5.00. The lowest BCUT2D eigenvalue weighted by molar-refractivity contribution is 0.160. The summed E-state index contributed by atoms with van der Waals surface area (Å²) in [5.74, 6) is 0.678. The third-order valence-corrected chi connectivity index (χ3v) is 6.11. The predicted molar refractivity (Wildman–Crippen MR) is 86.0 cm³/mol. The van der Waals surface area contributed by atoms with Crippen LogP contribution in [-0.4, -0.2) is 37.1 Å². The van der Waals surface area contributed by atoms with Gasteiger partial charge in [0.05, 0.1) is 0 Å². The first-order valence-corrected chi connectivity index (χ1v) is 8.76. The van der Waals surface area contributed by atoms with E-state index in [0.717, 1.165) is 12.6 Å². The van der Waals surface area contributed by atoms with Gasteiger partial charge in [-0.3, -0.25) is 4.90 Å². The highest BCUT2D eigenvalue weighted by Crippen LogP contribution is 2.49. The number of hydrogen-bond donors (Lipinski definition) is 1. The number of hydrogen-bond acceptors (Lipinski definition) is 2. The molecule has 1 saturated carbocycles. The molecule has 1 N–H and O–H groups in total. The van der Waals surface area contributed by atoms with Gasteiger partial charge in [0.15, 0.2) is 0 Å². The molecular formula is C17H23BrN2. The van der Waals surface area contributed by atoms with Crippen molar-refractivity contribution < 1.29 is 0 Å². The maximum Gasteiger partial charge on any atom is 0.0178 e. The van der Waals surface area contributed by atoms with Gasteiger partial charge in [0.1, 0.15) is 0 Å². The first-order chi connectivity index (χ1) is 9.77. The monoisotopic (exact) mass is 334 g/mol. The number of benzene rings is 1. The van der Waals surface area contributed by atoms with Gasteiger partial charge in [-0.15, -0.1) is 0 Å². The minimum Gasteiger partial charge on any atom is -0.316 e. The molecule has 0 radical (unpaired) electrons. The Labute approximate surface area is 130 Å². The molecule has 4 rings (SSSR count). The smallest absolute Gasteiger partial charge is 0.0178 e. The maximum atomic E-state index is 3.64. The molecule has 2 aliphatic heterocycles. The van der Waals surface area contributed by atoms with Crippen molar-refractivity contribution >= 4 is 15.9 Å². The molecule has 0 bridgehead atoms. The maximum absolute atomic E-state index is 3.64. The second kappa shape index (κ2) is 5.11. The van der Waals surface area contributed by atoms with Gasteiger partial charge in [0.25, 0.3) is 0 Å². The topological polar surface area (TPSA) is 15.3 Å². The van der Waals surface area contributed by atoms with Crippen LogP contribution in [0.1, 0.15) is 37.2 Å². The molecule has 1 aromatic carbocycles. The van der Waals surface area contributed by atoms with Crippen molar-refractivity contribution in [2.75, 3.05) is 26.2 Å². The first kappa shape index (κ1) is 13.3. The lowest BCUT2D eigenvalue weighted by Gasteiger charge is -2.42. The normalized spacial score (nSPS) is 34.8. The average molecular weight is 335 g/mol. The Morgan fingerprint density at radius 3 is 2.95 bits per heavy atom. The van der Waals surface area contributed by atoms with Gasteiger partial charge in [-0.25, -0.2) is 0 Å². The molecule has 2 nitrogen and oxygen atoms in total.